The molecule has 1 nitrogen and oxygen atoms in total. The molecule has 0 aliphatic heterocycles. The van der Waals surface area contributed by atoms with Crippen molar-refractivity contribution in [2.24, 2.45) is 0 Å². The van der Waals surface area contributed by atoms with Gasteiger partial charge in [-0.3, -0.25) is 0 Å². The van der Waals surface area contributed by atoms with Gasteiger partial charge in [0.25, 0.3) is 0 Å². The van der Waals surface area contributed by atoms with E-state index in [0.29, 0.717) is 0 Å². The van der Waals surface area contributed by atoms with Crippen LogP contribution in [0, 0.1) is 0 Å². The van der Waals surface area contributed by atoms with Gasteiger partial charge in [-0.05, 0) is 0 Å². The molecule has 0 bridgehead atoms. The molecule has 110 valence electrons. The number of hydrogen-bond donors (Lipinski definition) is 0. The Hall–Kier alpha value is -0.810. The first-order valence-electron chi connectivity index (χ1n) is 3.77. The molecule has 0 spiro atoms. The van der Waals surface area contributed by atoms with Gasteiger partial charge in [0.2, 0.25) is 0 Å². The molecule has 0 atom stereocenters. The molecule has 0 amide bonds. The Labute approximate surface area is 91.5 Å². The third kappa shape index (κ3) is 3.36. The maximum atomic E-state index is 12.2. The highest BCUT2D eigenvalue weighted by atomic mass is 19.4. The van der Waals surface area contributed by atoms with Gasteiger partial charge in [-0.25, -0.2) is 8.78 Å². The smallest absolute Gasteiger partial charge is 0.309 e. The second kappa shape index (κ2) is 4.70. The molecule has 0 saturated carbocycles. The zero-order valence-electron chi connectivity index (χ0n) is 7.85. The van der Waals surface area contributed by atoms with Crippen LogP contribution in [0.2, 0.25) is 0 Å². The Morgan fingerprint density at radius 3 is 1.44 bits per heavy atom. The Kier molecular flexibility index (Phi) is 4.49. The van der Waals surface area contributed by atoms with Gasteiger partial charge in [-0.2, -0.15) is 39.5 Å². The lowest BCUT2D eigenvalue weighted by atomic mass is 10.3. The second-order valence-corrected chi connectivity index (χ2v) is 2.94. The molecule has 0 aliphatic carbocycles. The van der Waals surface area contributed by atoms with Crippen LogP contribution < -0.4 is 0 Å². The van der Waals surface area contributed by atoms with Crippen molar-refractivity contribution in [2.75, 3.05) is 6.61 Å². The van der Waals surface area contributed by atoms with E-state index in [4.69, 9.17) is 0 Å². The Morgan fingerprint density at radius 1 is 0.778 bits per heavy atom. The quantitative estimate of drug-likeness (QED) is 0.704. The average Bonchev–Trinajstić information content (AvgIpc) is 2.12. The third-order valence-electron chi connectivity index (χ3n) is 1.49. The van der Waals surface area contributed by atoms with Crippen LogP contribution in [0.1, 0.15) is 0 Å². The lowest BCUT2D eigenvalue weighted by molar-refractivity contribution is -0.431. The summed E-state index contributed by atoms with van der Waals surface area (Å²) < 4.78 is 132. The molecule has 18 heavy (non-hydrogen) atoms. The minimum Gasteiger partial charge on any atom is -0.309 e. The summed E-state index contributed by atoms with van der Waals surface area (Å²) in [6.07, 6.45) is -17.8. The summed E-state index contributed by atoms with van der Waals surface area (Å²) in [6, 6.07) is 0. The van der Waals surface area contributed by atoms with Gasteiger partial charge < -0.3 is 4.74 Å². The molecule has 0 radical (unpaired) electrons. The molecule has 0 fully saturated rings. The summed E-state index contributed by atoms with van der Waals surface area (Å²) in [4.78, 5) is 0. The molecule has 0 heterocycles. The van der Waals surface area contributed by atoms with Crippen LogP contribution in [0.25, 0.3) is 0 Å². The molecule has 0 N–H and O–H groups in total. The zero-order chi connectivity index (χ0) is 15.0. The minimum absolute atomic E-state index is 2.31. The van der Waals surface area contributed by atoms with Crippen LogP contribution in [-0.4, -0.2) is 37.2 Å². The highest BCUT2D eigenvalue weighted by molar-refractivity contribution is 4.85. The Bertz CT molecular complexity index is 280. The van der Waals surface area contributed by atoms with Crippen molar-refractivity contribution in [3.63, 3.8) is 0 Å². The van der Waals surface area contributed by atoms with Crippen molar-refractivity contribution in [3.05, 3.63) is 0 Å². The maximum absolute atomic E-state index is 12.2. The molecule has 0 aromatic heterocycles. The standard InChI is InChI=1S/C6H3F11O/c7-2(8)3(9,10)1-18-6(16,17)4(11,12)5(13,14)15/h2H,1H2. The topological polar surface area (TPSA) is 9.23 Å². The fraction of sp³-hybridized carbons (Fsp3) is 1.00. The van der Waals surface area contributed by atoms with Crippen molar-refractivity contribution in [3.8, 4) is 0 Å². The lowest BCUT2D eigenvalue weighted by Crippen LogP contribution is -2.54. The number of halogens is 11. The summed E-state index contributed by atoms with van der Waals surface area (Å²) in [5.41, 5.74) is 0. The lowest BCUT2D eigenvalue weighted by Gasteiger charge is -2.28. The van der Waals surface area contributed by atoms with Crippen molar-refractivity contribution in [2.45, 2.75) is 30.6 Å². The molecular weight excluding hydrogens is 297 g/mol. The molecule has 0 aromatic carbocycles. The fourth-order valence-electron chi connectivity index (χ4n) is 0.505. The van der Waals surface area contributed by atoms with E-state index in [2.05, 4.69) is 4.74 Å². The molecule has 0 rings (SSSR count). The van der Waals surface area contributed by atoms with E-state index in [-0.39, 0.29) is 0 Å². The van der Waals surface area contributed by atoms with E-state index in [1.807, 2.05) is 0 Å². The third-order valence-corrected chi connectivity index (χ3v) is 1.49. The van der Waals surface area contributed by atoms with E-state index >= 15 is 0 Å². The summed E-state index contributed by atoms with van der Waals surface area (Å²) in [5, 5.41) is 0. The van der Waals surface area contributed by atoms with Crippen molar-refractivity contribution >= 4 is 0 Å². The van der Waals surface area contributed by atoms with Crippen molar-refractivity contribution < 1.29 is 53.0 Å². The molecule has 0 unspecified atom stereocenters. The number of hydrogen-bond acceptors (Lipinski definition) is 1. The predicted molar refractivity (Wildman–Crippen MR) is 32.9 cm³/mol. The van der Waals surface area contributed by atoms with Crippen LogP contribution >= 0.6 is 0 Å². The Morgan fingerprint density at radius 2 is 1.17 bits per heavy atom. The SMILES string of the molecule is FC(F)C(F)(F)COC(F)(F)C(F)(F)C(F)(F)F. The first-order chi connectivity index (χ1) is 7.65. The van der Waals surface area contributed by atoms with E-state index in [1.54, 1.807) is 0 Å². The first kappa shape index (κ1) is 17.2. The van der Waals surface area contributed by atoms with Crippen LogP contribution in [0.4, 0.5) is 48.3 Å². The first-order valence-corrected chi connectivity index (χ1v) is 3.77. The predicted octanol–water partition coefficient (Wildman–Crippen LogP) is 3.69. The Balaban J connectivity index is 4.88. The second-order valence-electron chi connectivity index (χ2n) is 2.94. The van der Waals surface area contributed by atoms with Gasteiger partial charge in [-0.15, -0.1) is 0 Å². The van der Waals surface area contributed by atoms with Crippen LogP contribution in [-0.2, 0) is 4.74 Å². The summed E-state index contributed by atoms with van der Waals surface area (Å²) in [6.45, 7) is -3.00. The summed E-state index contributed by atoms with van der Waals surface area (Å²) in [7, 11) is 0. The van der Waals surface area contributed by atoms with Crippen molar-refractivity contribution in [1.82, 2.24) is 0 Å². The number of rotatable bonds is 5. The minimum atomic E-state index is -6.80. The largest absolute Gasteiger partial charge is 0.462 e. The van der Waals surface area contributed by atoms with Crippen LogP contribution in [0.3, 0.4) is 0 Å². The molecule has 0 saturated heterocycles. The summed E-state index contributed by atoms with van der Waals surface area (Å²) >= 11 is 0. The van der Waals surface area contributed by atoms with Gasteiger partial charge in [0.15, 0.2) is 0 Å². The van der Waals surface area contributed by atoms with E-state index < -0.39 is 37.2 Å². The van der Waals surface area contributed by atoms with Gasteiger partial charge >= 0.3 is 30.6 Å². The van der Waals surface area contributed by atoms with E-state index in [1.165, 1.54) is 0 Å². The normalized spacial score (nSPS) is 15.3. The van der Waals surface area contributed by atoms with Gasteiger partial charge in [0.1, 0.15) is 6.61 Å². The fourth-order valence-corrected chi connectivity index (χ4v) is 0.505. The van der Waals surface area contributed by atoms with E-state index in [0.717, 1.165) is 0 Å². The van der Waals surface area contributed by atoms with Crippen LogP contribution in [0.15, 0.2) is 0 Å². The van der Waals surface area contributed by atoms with Gasteiger partial charge in [0.05, 0.1) is 0 Å². The highest BCUT2D eigenvalue weighted by Gasteiger charge is 2.75. The van der Waals surface area contributed by atoms with Crippen molar-refractivity contribution in [1.29, 1.82) is 0 Å². The van der Waals surface area contributed by atoms with Crippen LogP contribution in [0.5, 0.6) is 0 Å². The monoisotopic (exact) mass is 300 g/mol. The van der Waals surface area contributed by atoms with E-state index in [9.17, 15) is 48.3 Å². The number of alkyl halides is 11. The summed E-state index contributed by atoms with van der Waals surface area (Å²) in [5.74, 6) is -12.1. The molecule has 0 aliphatic rings. The zero-order valence-corrected chi connectivity index (χ0v) is 7.85. The molecule has 0 aromatic rings. The van der Waals surface area contributed by atoms with Gasteiger partial charge in [0, 0.05) is 0 Å². The van der Waals surface area contributed by atoms with Gasteiger partial charge in [-0.1, -0.05) is 0 Å². The molecular formula is C6H3F11O. The maximum Gasteiger partial charge on any atom is 0.462 e. The average molecular weight is 300 g/mol. The number of ether oxygens (including phenoxy) is 1. The molecule has 12 heteroatoms. The highest BCUT2D eigenvalue weighted by Crippen LogP contribution is 2.47.